The van der Waals surface area contributed by atoms with Crippen LogP contribution in [0.2, 0.25) is 0 Å². The number of fused-ring (bicyclic) bond motifs is 1. The molecule has 1 atom stereocenters. The maximum absolute atomic E-state index is 12.7. The zero-order chi connectivity index (χ0) is 15.6. The molecule has 5 heteroatoms. The molecule has 0 aromatic heterocycles. The molecule has 0 bridgehead atoms. The molecule has 1 aliphatic heterocycles. The summed E-state index contributed by atoms with van der Waals surface area (Å²) < 4.78 is 31.2. The third-order valence-corrected chi connectivity index (χ3v) is 5.63. The number of sulfone groups is 1. The zero-order valence-electron chi connectivity index (χ0n) is 12.5. The smallest absolute Gasteiger partial charge is 0.206 e. The van der Waals surface area contributed by atoms with Gasteiger partial charge in [-0.15, -0.1) is 0 Å². The Morgan fingerprint density at radius 2 is 1.91 bits per heavy atom. The maximum atomic E-state index is 12.7. The van der Waals surface area contributed by atoms with Gasteiger partial charge in [-0.05, 0) is 49.7 Å². The number of likely N-dealkylation sites (N-methyl/N-ethyl adjacent to an activating group) is 1. The first-order valence-electron chi connectivity index (χ1n) is 7.35. The third kappa shape index (κ3) is 2.87. The molecule has 1 heterocycles. The first-order chi connectivity index (χ1) is 10.6. The SMILES string of the molecule is CNC[C@@H]1CCc2ccc(S(=O)(=O)c3ccccc3)cc2O1. The van der Waals surface area contributed by atoms with Gasteiger partial charge in [-0.1, -0.05) is 24.3 Å². The van der Waals surface area contributed by atoms with Gasteiger partial charge < -0.3 is 10.1 Å². The predicted octanol–water partition coefficient (Wildman–Crippen LogP) is 2.43. The van der Waals surface area contributed by atoms with E-state index in [4.69, 9.17) is 4.74 Å². The Balaban J connectivity index is 1.95. The quantitative estimate of drug-likeness (QED) is 0.941. The van der Waals surface area contributed by atoms with Gasteiger partial charge in [0.15, 0.2) is 0 Å². The summed E-state index contributed by atoms with van der Waals surface area (Å²) >= 11 is 0. The second-order valence-corrected chi connectivity index (χ2v) is 7.37. The van der Waals surface area contributed by atoms with Crippen molar-refractivity contribution in [3.8, 4) is 5.75 Å². The molecule has 116 valence electrons. The first-order valence-corrected chi connectivity index (χ1v) is 8.84. The molecule has 4 nitrogen and oxygen atoms in total. The summed E-state index contributed by atoms with van der Waals surface area (Å²) in [5.41, 5.74) is 1.07. The number of ether oxygens (including phenoxy) is 1. The fourth-order valence-corrected chi connectivity index (χ4v) is 3.98. The van der Waals surface area contributed by atoms with E-state index in [0.29, 0.717) is 10.6 Å². The molecule has 2 aromatic rings. The fourth-order valence-electron chi connectivity index (χ4n) is 2.68. The van der Waals surface area contributed by atoms with Crippen molar-refractivity contribution < 1.29 is 13.2 Å². The molecule has 1 N–H and O–H groups in total. The van der Waals surface area contributed by atoms with Crippen LogP contribution in [-0.4, -0.2) is 28.1 Å². The van der Waals surface area contributed by atoms with Crippen LogP contribution in [0.4, 0.5) is 0 Å². The van der Waals surface area contributed by atoms with Gasteiger partial charge in [-0.3, -0.25) is 0 Å². The summed E-state index contributed by atoms with van der Waals surface area (Å²) in [6.45, 7) is 0.759. The Bertz CT molecular complexity index is 757. The average Bonchev–Trinajstić information content (AvgIpc) is 2.55. The van der Waals surface area contributed by atoms with E-state index in [2.05, 4.69) is 5.32 Å². The molecule has 0 saturated heterocycles. The summed E-state index contributed by atoms with van der Waals surface area (Å²) in [7, 11) is -1.61. The molecular weight excluding hydrogens is 298 g/mol. The van der Waals surface area contributed by atoms with Gasteiger partial charge >= 0.3 is 0 Å². The molecule has 0 aliphatic carbocycles. The number of benzene rings is 2. The highest BCUT2D eigenvalue weighted by Gasteiger charge is 2.23. The molecule has 3 rings (SSSR count). The van der Waals surface area contributed by atoms with Gasteiger partial charge in [0, 0.05) is 6.54 Å². The molecule has 0 spiro atoms. The second kappa shape index (κ2) is 6.10. The van der Waals surface area contributed by atoms with Crippen LogP contribution in [0.25, 0.3) is 0 Å². The van der Waals surface area contributed by atoms with Gasteiger partial charge in [-0.2, -0.15) is 0 Å². The van der Waals surface area contributed by atoms with Crippen molar-refractivity contribution >= 4 is 9.84 Å². The minimum absolute atomic E-state index is 0.0900. The standard InChI is InChI=1S/C17H19NO3S/c1-18-12-14-9-7-13-8-10-16(11-17(13)21-14)22(19,20)15-5-3-2-4-6-15/h2-6,8,10-11,14,18H,7,9,12H2,1H3/t14-/m0/s1. The van der Waals surface area contributed by atoms with Crippen molar-refractivity contribution in [1.29, 1.82) is 0 Å². The van der Waals surface area contributed by atoms with E-state index < -0.39 is 9.84 Å². The number of hydrogen-bond donors (Lipinski definition) is 1. The van der Waals surface area contributed by atoms with Crippen LogP contribution in [-0.2, 0) is 16.3 Å². The number of aryl methyl sites for hydroxylation is 1. The van der Waals surface area contributed by atoms with E-state index in [-0.39, 0.29) is 11.0 Å². The van der Waals surface area contributed by atoms with E-state index in [1.54, 1.807) is 42.5 Å². The highest BCUT2D eigenvalue weighted by molar-refractivity contribution is 7.91. The Morgan fingerprint density at radius 3 is 2.64 bits per heavy atom. The zero-order valence-corrected chi connectivity index (χ0v) is 13.3. The minimum Gasteiger partial charge on any atom is -0.489 e. The van der Waals surface area contributed by atoms with Gasteiger partial charge in [0.05, 0.1) is 9.79 Å². The summed E-state index contributed by atoms with van der Waals surface area (Å²) in [6.07, 6.45) is 1.94. The average molecular weight is 317 g/mol. The van der Waals surface area contributed by atoms with Crippen molar-refractivity contribution in [2.75, 3.05) is 13.6 Å². The van der Waals surface area contributed by atoms with Crippen LogP contribution in [0.1, 0.15) is 12.0 Å². The Labute approximate surface area is 131 Å². The Morgan fingerprint density at radius 1 is 1.14 bits per heavy atom. The van der Waals surface area contributed by atoms with Crippen molar-refractivity contribution in [2.24, 2.45) is 0 Å². The molecule has 0 fully saturated rings. The van der Waals surface area contributed by atoms with Crippen LogP contribution >= 0.6 is 0 Å². The van der Waals surface area contributed by atoms with Crippen molar-refractivity contribution in [3.63, 3.8) is 0 Å². The molecule has 22 heavy (non-hydrogen) atoms. The molecule has 2 aromatic carbocycles. The summed E-state index contributed by atoms with van der Waals surface area (Å²) in [5, 5.41) is 3.10. The molecule has 0 radical (unpaired) electrons. The first kappa shape index (κ1) is 15.1. The fraction of sp³-hybridized carbons (Fsp3) is 0.294. The normalized spacial score (nSPS) is 17.6. The lowest BCUT2D eigenvalue weighted by Gasteiger charge is -2.26. The second-order valence-electron chi connectivity index (χ2n) is 5.42. The lowest BCUT2D eigenvalue weighted by molar-refractivity contribution is 0.173. The van der Waals surface area contributed by atoms with Gasteiger partial charge in [-0.25, -0.2) is 8.42 Å². The van der Waals surface area contributed by atoms with E-state index in [1.807, 2.05) is 13.1 Å². The van der Waals surface area contributed by atoms with Gasteiger partial charge in [0.2, 0.25) is 9.84 Å². The number of hydrogen-bond acceptors (Lipinski definition) is 4. The summed E-state index contributed by atoms with van der Waals surface area (Å²) in [6, 6.07) is 13.7. The lowest BCUT2D eigenvalue weighted by Crippen LogP contribution is -2.32. The third-order valence-electron chi connectivity index (χ3n) is 3.86. The van der Waals surface area contributed by atoms with Crippen molar-refractivity contribution in [3.05, 3.63) is 54.1 Å². The summed E-state index contributed by atoms with van der Waals surface area (Å²) in [4.78, 5) is 0.583. The van der Waals surface area contributed by atoms with Gasteiger partial charge in [0.1, 0.15) is 11.9 Å². The topological polar surface area (TPSA) is 55.4 Å². The number of rotatable bonds is 4. The Hall–Kier alpha value is -1.85. The van der Waals surface area contributed by atoms with Gasteiger partial charge in [0.25, 0.3) is 0 Å². The largest absolute Gasteiger partial charge is 0.489 e. The minimum atomic E-state index is -3.50. The van der Waals surface area contributed by atoms with E-state index >= 15 is 0 Å². The molecule has 0 amide bonds. The number of nitrogens with one attached hydrogen (secondary N) is 1. The summed E-state index contributed by atoms with van der Waals surface area (Å²) in [5.74, 6) is 0.684. The maximum Gasteiger partial charge on any atom is 0.206 e. The van der Waals surface area contributed by atoms with E-state index in [9.17, 15) is 8.42 Å². The predicted molar refractivity (Wildman–Crippen MR) is 85.0 cm³/mol. The van der Waals surface area contributed by atoms with Crippen LogP contribution in [0.5, 0.6) is 5.75 Å². The Kier molecular flexibility index (Phi) is 4.18. The highest BCUT2D eigenvalue weighted by Crippen LogP contribution is 2.32. The molecule has 0 unspecified atom stereocenters. The van der Waals surface area contributed by atoms with Crippen LogP contribution in [0, 0.1) is 0 Å². The van der Waals surface area contributed by atoms with E-state index in [1.165, 1.54) is 0 Å². The monoisotopic (exact) mass is 317 g/mol. The molecule has 0 saturated carbocycles. The van der Waals surface area contributed by atoms with Crippen LogP contribution < -0.4 is 10.1 Å². The molecule has 1 aliphatic rings. The molecular formula is C17H19NO3S. The van der Waals surface area contributed by atoms with Crippen molar-refractivity contribution in [1.82, 2.24) is 5.32 Å². The van der Waals surface area contributed by atoms with Crippen molar-refractivity contribution in [2.45, 2.75) is 28.7 Å². The van der Waals surface area contributed by atoms with Crippen LogP contribution in [0.15, 0.2) is 58.3 Å². The highest BCUT2D eigenvalue weighted by atomic mass is 32.2. The lowest BCUT2D eigenvalue weighted by atomic mass is 10.0. The van der Waals surface area contributed by atoms with Crippen LogP contribution in [0.3, 0.4) is 0 Å². The van der Waals surface area contributed by atoms with E-state index in [0.717, 1.165) is 24.9 Å².